The molecule has 0 heterocycles. The van der Waals surface area contributed by atoms with Gasteiger partial charge in [0.15, 0.2) is 0 Å². The minimum absolute atomic E-state index is 0.476. The fourth-order valence-electron chi connectivity index (χ4n) is 1.37. The summed E-state index contributed by atoms with van der Waals surface area (Å²) < 4.78 is 9.83. The molecular formula is C15H24O4. The number of ether oxygens (including phenoxy) is 2. The van der Waals surface area contributed by atoms with E-state index in [0.29, 0.717) is 0 Å². The van der Waals surface area contributed by atoms with E-state index in [1.165, 1.54) is 25.0 Å². The molecule has 0 fully saturated rings. The molecule has 0 aliphatic carbocycles. The van der Waals surface area contributed by atoms with Gasteiger partial charge in [-0.15, -0.1) is 0 Å². The molecule has 0 unspecified atom stereocenters. The number of hydrogen-bond donors (Lipinski definition) is 0. The summed E-state index contributed by atoms with van der Waals surface area (Å²) in [5, 5.41) is 0. The average molecular weight is 268 g/mol. The SMILES string of the molecule is CC(=O)OC(/C=C(/C)CCC(C)=C(C)C)OC(C)=O. The summed E-state index contributed by atoms with van der Waals surface area (Å²) in [6.07, 6.45) is 2.52. The zero-order valence-electron chi connectivity index (χ0n) is 12.7. The van der Waals surface area contributed by atoms with Crippen LogP contribution < -0.4 is 0 Å². The van der Waals surface area contributed by atoms with Crippen molar-refractivity contribution in [3.63, 3.8) is 0 Å². The van der Waals surface area contributed by atoms with Crippen LogP contribution in [-0.4, -0.2) is 18.2 Å². The van der Waals surface area contributed by atoms with E-state index < -0.39 is 18.2 Å². The summed E-state index contributed by atoms with van der Waals surface area (Å²) in [4.78, 5) is 21.8. The van der Waals surface area contributed by atoms with Gasteiger partial charge in [-0.2, -0.15) is 0 Å². The molecule has 4 nitrogen and oxygen atoms in total. The van der Waals surface area contributed by atoms with E-state index >= 15 is 0 Å². The summed E-state index contributed by atoms with van der Waals surface area (Å²) in [6, 6.07) is 0. The third kappa shape index (κ3) is 9.05. The maximum atomic E-state index is 10.9. The molecule has 0 radical (unpaired) electrons. The van der Waals surface area contributed by atoms with E-state index in [0.717, 1.165) is 18.4 Å². The van der Waals surface area contributed by atoms with Gasteiger partial charge in [0, 0.05) is 13.8 Å². The van der Waals surface area contributed by atoms with Crippen LogP contribution in [0, 0.1) is 0 Å². The molecule has 0 atom stereocenters. The Morgan fingerprint density at radius 2 is 1.37 bits per heavy atom. The molecule has 0 aromatic heterocycles. The van der Waals surface area contributed by atoms with Crippen LogP contribution in [-0.2, 0) is 19.1 Å². The molecule has 0 aliphatic heterocycles. The second-order valence-corrected chi connectivity index (χ2v) is 4.88. The first kappa shape index (κ1) is 17.4. The highest BCUT2D eigenvalue weighted by Gasteiger charge is 2.12. The van der Waals surface area contributed by atoms with Gasteiger partial charge >= 0.3 is 11.9 Å². The van der Waals surface area contributed by atoms with Gasteiger partial charge < -0.3 is 9.47 Å². The molecule has 0 N–H and O–H groups in total. The smallest absolute Gasteiger partial charge is 0.305 e. The van der Waals surface area contributed by atoms with Crippen molar-refractivity contribution in [3.8, 4) is 0 Å². The highest BCUT2D eigenvalue weighted by Crippen LogP contribution is 2.15. The lowest BCUT2D eigenvalue weighted by molar-refractivity contribution is -0.176. The van der Waals surface area contributed by atoms with E-state index in [2.05, 4.69) is 20.8 Å². The van der Waals surface area contributed by atoms with Crippen molar-refractivity contribution in [2.75, 3.05) is 0 Å². The fraction of sp³-hybridized carbons (Fsp3) is 0.600. The zero-order valence-corrected chi connectivity index (χ0v) is 12.7. The normalized spacial score (nSPS) is 11.2. The van der Waals surface area contributed by atoms with Gasteiger partial charge in [0.25, 0.3) is 6.29 Å². The van der Waals surface area contributed by atoms with E-state index in [1.807, 2.05) is 6.92 Å². The lowest BCUT2D eigenvalue weighted by atomic mass is 10.0. The van der Waals surface area contributed by atoms with Gasteiger partial charge in [0.05, 0.1) is 0 Å². The van der Waals surface area contributed by atoms with Crippen LogP contribution in [0.5, 0.6) is 0 Å². The number of rotatable bonds is 6. The minimum atomic E-state index is -0.929. The molecule has 0 aliphatic rings. The number of carbonyl (C=O) groups excluding carboxylic acids is 2. The van der Waals surface area contributed by atoms with Gasteiger partial charge in [-0.25, -0.2) is 0 Å². The van der Waals surface area contributed by atoms with Crippen LogP contribution in [0.2, 0.25) is 0 Å². The predicted octanol–water partition coefficient (Wildman–Crippen LogP) is 3.52. The quantitative estimate of drug-likeness (QED) is 0.420. The largest absolute Gasteiger partial charge is 0.421 e. The molecule has 0 bridgehead atoms. The molecule has 0 spiro atoms. The Balaban J connectivity index is 4.59. The Hall–Kier alpha value is -1.58. The minimum Gasteiger partial charge on any atom is -0.421 e. The van der Waals surface area contributed by atoms with E-state index in [4.69, 9.17) is 9.47 Å². The summed E-state index contributed by atoms with van der Waals surface area (Å²) in [5.74, 6) is -0.952. The number of esters is 2. The van der Waals surface area contributed by atoms with E-state index in [1.54, 1.807) is 6.08 Å². The van der Waals surface area contributed by atoms with Crippen LogP contribution in [0.25, 0.3) is 0 Å². The van der Waals surface area contributed by atoms with Crippen molar-refractivity contribution in [2.24, 2.45) is 0 Å². The molecule has 108 valence electrons. The molecular weight excluding hydrogens is 244 g/mol. The predicted molar refractivity (Wildman–Crippen MR) is 74.4 cm³/mol. The lowest BCUT2D eigenvalue weighted by Crippen LogP contribution is -2.20. The first-order valence-corrected chi connectivity index (χ1v) is 6.37. The maximum absolute atomic E-state index is 10.9. The van der Waals surface area contributed by atoms with Gasteiger partial charge in [-0.1, -0.05) is 16.7 Å². The number of hydrogen-bond acceptors (Lipinski definition) is 4. The third-order valence-corrected chi connectivity index (χ3v) is 2.73. The van der Waals surface area contributed by atoms with E-state index in [-0.39, 0.29) is 0 Å². The summed E-state index contributed by atoms with van der Waals surface area (Å²) in [7, 11) is 0. The third-order valence-electron chi connectivity index (χ3n) is 2.73. The number of carbonyl (C=O) groups is 2. The summed E-state index contributed by atoms with van der Waals surface area (Å²) >= 11 is 0. The summed E-state index contributed by atoms with van der Waals surface area (Å²) in [5.41, 5.74) is 3.67. The van der Waals surface area contributed by atoms with Crippen molar-refractivity contribution >= 4 is 11.9 Å². The topological polar surface area (TPSA) is 52.6 Å². The highest BCUT2D eigenvalue weighted by molar-refractivity contribution is 5.68. The fourth-order valence-corrected chi connectivity index (χ4v) is 1.37. The summed E-state index contributed by atoms with van der Waals surface area (Å²) in [6.45, 7) is 10.8. The van der Waals surface area contributed by atoms with Crippen LogP contribution in [0.1, 0.15) is 54.4 Å². The van der Waals surface area contributed by atoms with Crippen molar-refractivity contribution in [1.29, 1.82) is 0 Å². The standard InChI is InChI=1S/C15H24O4/c1-10(2)12(4)8-7-11(3)9-15(18-13(5)16)19-14(6)17/h9,15H,7-8H2,1-6H3/b11-9-. The second-order valence-electron chi connectivity index (χ2n) is 4.88. The first-order chi connectivity index (χ1) is 8.72. The van der Waals surface area contributed by atoms with Crippen molar-refractivity contribution in [1.82, 2.24) is 0 Å². The maximum Gasteiger partial charge on any atom is 0.305 e. The van der Waals surface area contributed by atoms with Gasteiger partial charge in [0.1, 0.15) is 0 Å². The second kappa shape index (κ2) is 8.51. The van der Waals surface area contributed by atoms with Crippen molar-refractivity contribution < 1.29 is 19.1 Å². The molecule has 19 heavy (non-hydrogen) atoms. The molecule has 0 amide bonds. The number of allylic oxidation sites excluding steroid dienone is 3. The highest BCUT2D eigenvalue weighted by atomic mass is 16.7. The van der Waals surface area contributed by atoms with Crippen molar-refractivity contribution in [2.45, 2.75) is 60.7 Å². The Kier molecular flexibility index (Phi) is 7.80. The van der Waals surface area contributed by atoms with Crippen LogP contribution in [0.3, 0.4) is 0 Å². The Labute approximate surface area is 115 Å². The van der Waals surface area contributed by atoms with Gasteiger partial charge in [-0.3, -0.25) is 9.59 Å². The first-order valence-electron chi connectivity index (χ1n) is 6.37. The Morgan fingerprint density at radius 1 is 0.895 bits per heavy atom. The molecule has 0 rings (SSSR count). The zero-order chi connectivity index (χ0) is 15.0. The van der Waals surface area contributed by atoms with Gasteiger partial charge in [0.2, 0.25) is 0 Å². The van der Waals surface area contributed by atoms with Gasteiger partial charge in [-0.05, 0) is 46.6 Å². The average Bonchev–Trinajstić information content (AvgIpc) is 2.23. The molecule has 0 aromatic carbocycles. The monoisotopic (exact) mass is 268 g/mol. The molecule has 0 saturated heterocycles. The molecule has 0 aromatic rings. The van der Waals surface area contributed by atoms with Crippen LogP contribution in [0.4, 0.5) is 0 Å². The Morgan fingerprint density at radius 3 is 1.74 bits per heavy atom. The lowest BCUT2D eigenvalue weighted by Gasteiger charge is -2.14. The molecule has 0 saturated carbocycles. The van der Waals surface area contributed by atoms with E-state index in [9.17, 15) is 9.59 Å². The van der Waals surface area contributed by atoms with Crippen LogP contribution in [0.15, 0.2) is 22.8 Å². The molecule has 4 heteroatoms. The van der Waals surface area contributed by atoms with Crippen LogP contribution >= 0.6 is 0 Å². The van der Waals surface area contributed by atoms with Crippen molar-refractivity contribution in [3.05, 3.63) is 22.8 Å². The Bertz CT molecular complexity index is 371.